The third-order valence-electron chi connectivity index (χ3n) is 3.42. The molecule has 0 unspecified atom stereocenters. The minimum Gasteiger partial charge on any atom is -0.497 e. The molecule has 1 aliphatic rings. The van der Waals surface area contributed by atoms with Gasteiger partial charge in [0.1, 0.15) is 11.5 Å². The minimum absolute atomic E-state index is 0.241. The van der Waals surface area contributed by atoms with Crippen LogP contribution in [-0.4, -0.2) is 26.1 Å². The standard InChI is InChI=1S/C18H14BrNO4/c1-22-13-5-3-4-12(10-13)17-20-15(18(21)24-17)9-11-6-7-16(23-2)14(19)8-11/h3-10H,1-2H3. The van der Waals surface area contributed by atoms with Gasteiger partial charge < -0.3 is 14.2 Å². The lowest BCUT2D eigenvalue weighted by Crippen LogP contribution is -2.05. The van der Waals surface area contributed by atoms with Gasteiger partial charge in [-0.15, -0.1) is 0 Å². The molecule has 0 aliphatic carbocycles. The first-order valence-electron chi connectivity index (χ1n) is 7.11. The maximum Gasteiger partial charge on any atom is 0.363 e. The second kappa shape index (κ2) is 6.88. The SMILES string of the molecule is COc1cccc(C2=NC(=Cc3ccc(OC)c(Br)c3)C(=O)O2)c1. The molecule has 24 heavy (non-hydrogen) atoms. The summed E-state index contributed by atoms with van der Waals surface area (Å²) in [5.74, 6) is 1.16. The van der Waals surface area contributed by atoms with Crippen molar-refractivity contribution >= 4 is 33.9 Å². The monoisotopic (exact) mass is 387 g/mol. The van der Waals surface area contributed by atoms with Crippen LogP contribution in [0.25, 0.3) is 6.08 Å². The predicted octanol–water partition coefficient (Wildman–Crippen LogP) is 3.81. The normalized spacial score (nSPS) is 15.2. The van der Waals surface area contributed by atoms with Crippen molar-refractivity contribution in [2.24, 2.45) is 4.99 Å². The number of rotatable bonds is 4. The minimum atomic E-state index is -0.486. The molecule has 1 aliphatic heterocycles. The molecule has 0 saturated heterocycles. The Bertz CT molecular complexity index is 858. The first kappa shape index (κ1) is 16.3. The molecule has 0 N–H and O–H groups in total. The maximum absolute atomic E-state index is 12.1. The van der Waals surface area contributed by atoms with E-state index in [-0.39, 0.29) is 11.6 Å². The summed E-state index contributed by atoms with van der Waals surface area (Å²) in [6.45, 7) is 0. The Morgan fingerprint density at radius 3 is 2.67 bits per heavy atom. The Labute approximate surface area is 147 Å². The Hall–Kier alpha value is -2.60. The molecule has 0 radical (unpaired) electrons. The summed E-state index contributed by atoms with van der Waals surface area (Å²) in [5, 5.41) is 0. The summed E-state index contributed by atoms with van der Waals surface area (Å²) in [6.07, 6.45) is 1.67. The van der Waals surface area contributed by atoms with Crippen LogP contribution >= 0.6 is 15.9 Å². The second-order valence-corrected chi connectivity index (χ2v) is 5.82. The number of halogens is 1. The van der Waals surface area contributed by atoms with Gasteiger partial charge in [0.15, 0.2) is 5.70 Å². The number of benzene rings is 2. The van der Waals surface area contributed by atoms with Crippen molar-refractivity contribution in [3.8, 4) is 11.5 Å². The lowest BCUT2D eigenvalue weighted by atomic mass is 10.2. The number of cyclic esters (lactones) is 1. The van der Waals surface area contributed by atoms with Crippen LogP contribution in [0, 0.1) is 0 Å². The van der Waals surface area contributed by atoms with E-state index < -0.39 is 5.97 Å². The first-order chi connectivity index (χ1) is 11.6. The first-order valence-corrected chi connectivity index (χ1v) is 7.90. The lowest BCUT2D eigenvalue weighted by Gasteiger charge is -2.03. The topological polar surface area (TPSA) is 57.1 Å². The van der Waals surface area contributed by atoms with E-state index in [0.717, 1.165) is 10.0 Å². The summed E-state index contributed by atoms with van der Waals surface area (Å²) < 4.78 is 16.4. The van der Waals surface area contributed by atoms with Crippen molar-refractivity contribution in [2.75, 3.05) is 14.2 Å². The molecule has 0 amide bonds. The van der Waals surface area contributed by atoms with Gasteiger partial charge in [-0.25, -0.2) is 9.79 Å². The molecule has 6 heteroatoms. The van der Waals surface area contributed by atoms with Gasteiger partial charge in [0, 0.05) is 5.56 Å². The van der Waals surface area contributed by atoms with Crippen molar-refractivity contribution in [3.63, 3.8) is 0 Å². The van der Waals surface area contributed by atoms with Crippen LogP contribution in [0.15, 0.2) is 57.6 Å². The number of aliphatic imine (C=N–C) groups is 1. The van der Waals surface area contributed by atoms with Crippen LogP contribution < -0.4 is 9.47 Å². The number of ether oxygens (including phenoxy) is 3. The maximum atomic E-state index is 12.1. The van der Waals surface area contributed by atoms with Gasteiger partial charge in [-0.2, -0.15) is 0 Å². The van der Waals surface area contributed by atoms with Crippen molar-refractivity contribution in [2.45, 2.75) is 0 Å². The average molecular weight is 388 g/mol. The van der Waals surface area contributed by atoms with Crippen LogP contribution in [0.3, 0.4) is 0 Å². The second-order valence-electron chi connectivity index (χ2n) is 4.96. The van der Waals surface area contributed by atoms with E-state index in [1.54, 1.807) is 26.4 Å². The highest BCUT2D eigenvalue weighted by molar-refractivity contribution is 9.10. The summed E-state index contributed by atoms with van der Waals surface area (Å²) in [7, 11) is 3.17. The van der Waals surface area contributed by atoms with E-state index in [4.69, 9.17) is 14.2 Å². The van der Waals surface area contributed by atoms with Crippen LogP contribution in [0.4, 0.5) is 0 Å². The molecule has 0 fully saturated rings. The lowest BCUT2D eigenvalue weighted by molar-refractivity contribution is -0.129. The average Bonchev–Trinajstić information content (AvgIpc) is 2.96. The molecule has 0 aromatic heterocycles. The van der Waals surface area contributed by atoms with Crippen molar-refractivity contribution in [1.29, 1.82) is 0 Å². The van der Waals surface area contributed by atoms with Crippen LogP contribution in [0.2, 0.25) is 0 Å². The third-order valence-corrected chi connectivity index (χ3v) is 4.04. The fraction of sp³-hybridized carbons (Fsp3) is 0.111. The van der Waals surface area contributed by atoms with Crippen molar-refractivity contribution in [1.82, 2.24) is 0 Å². The Morgan fingerprint density at radius 2 is 1.96 bits per heavy atom. The molecule has 2 aromatic rings. The molecular formula is C18H14BrNO4. The van der Waals surface area contributed by atoms with Gasteiger partial charge in [0.25, 0.3) is 0 Å². The molecule has 0 saturated carbocycles. The number of hydrogen-bond donors (Lipinski definition) is 0. The summed E-state index contributed by atoms with van der Waals surface area (Å²) in [4.78, 5) is 16.3. The molecule has 0 atom stereocenters. The molecule has 1 heterocycles. The van der Waals surface area contributed by atoms with Gasteiger partial charge in [-0.1, -0.05) is 12.1 Å². The zero-order valence-electron chi connectivity index (χ0n) is 13.1. The molecule has 122 valence electrons. The Morgan fingerprint density at radius 1 is 1.12 bits per heavy atom. The van der Waals surface area contributed by atoms with Gasteiger partial charge >= 0.3 is 5.97 Å². The highest BCUT2D eigenvalue weighted by Crippen LogP contribution is 2.27. The van der Waals surface area contributed by atoms with Crippen LogP contribution in [0.5, 0.6) is 11.5 Å². The fourth-order valence-electron chi connectivity index (χ4n) is 2.22. The van der Waals surface area contributed by atoms with E-state index in [2.05, 4.69) is 20.9 Å². The van der Waals surface area contributed by atoms with Gasteiger partial charge in [-0.05, 0) is 57.9 Å². The number of esters is 1. The van der Waals surface area contributed by atoms with Crippen molar-refractivity contribution in [3.05, 3.63) is 63.8 Å². The van der Waals surface area contributed by atoms with Gasteiger partial charge in [-0.3, -0.25) is 0 Å². The fourth-order valence-corrected chi connectivity index (χ4v) is 2.78. The predicted molar refractivity (Wildman–Crippen MR) is 94.3 cm³/mol. The van der Waals surface area contributed by atoms with E-state index in [1.807, 2.05) is 36.4 Å². The van der Waals surface area contributed by atoms with Crippen LogP contribution in [-0.2, 0) is 9.53 Å². The van der Waals surface area contributed by atoms with E-state index in [9.17, 15) is 4.79 Å². The highest BCUT2D eigenvalue weighted by Gasteiger charge is 2.24. The smallest absolute Gasteiger partial charge is 0.363 e. The Balaban J connectivity index is 1.92. The quantitative estimate of drug-likeness (QED) is 0.591. The van der Waals surface area contributed by atoms with Crippen molar-refractivity contribution < 1.29 is 19.0 Å². The number of methoxy groups -OCH3 is 2. The Kier molecular flexibility index (Phi) is 4.66. The highest BCUT2D eigenvalue weighted by atomic mass is 79.9. The zero-order chi connectivity index (χ0) is 17.1. The third kappa shape index (κ3) is 3.33. The van der Waals surface area contributed by atoms with E-state index >= 15 is 0 Å². The molecule has 2 aromatic carbocycles. The largest absolute Gasteiger partial charge is 0.497 e. The number of carbonyl (C=O) groups excluding carboxylic acids is 1. The molecule has 3 rings (SSSR count). The number of hydrogen-bond acceptors (Lipinski definition) is 5. The van der Waals surface area contributed by atoms with Gasteiger partial charge in [0.2, 0.25) is 5.90 Å². The molecular weight excluding hydrogens is 374 g/mol. The van der Waals surface area contributed by atoms with E-state index in [0.29, 0.717) is 17.1 Å². The number of carbonyl (C=O) groups is 1. The summed E-state index contributed by atoms with van der Waals surface area (Å²) in [5.41, 5.74) is 1.73. The molecule has 0 bridgehead atoms. The molecule has 0 spiro atoms. The summed E-state index contributed by atoms with van der Waals surface area (Å²) >= 11 is 3.42. The number of nitrogens with zero attached hydrogens (tertiary/aromatic N) is 1. The molecule has 5 nitrogen and oxygen atoms in total. The zero-order valence-corrected chi connectivity index (χ0v) is 14.7. The van der Waals surface area contributed by atoms with Crippen LogP contribution in [0.1, 0.15) is 11.1 Å². The van der Waals surface area contributed by atoms with E-state index in [1.165, 1.54) is 0 Å². The van der Waals surface area contributed by atoms with Gasteiger partial charge in [0.05, 0.1) is 18.7 Å². The summed E-state index contributed by atoms with van der Waals surface area (Å²) in [6, 6.07) is 12.7.